The molecule has 1 saturated carbocycles. The summed E-state index contributed by atoms with van der Waals surface area (Å²) in [6, 6.07) is 8.43. The molecule has 5 aliphatic rings. The van der Waals surface area contributed by atoms with E-state index in [-0.39, 0.29) is 35.9 Å². The predicted molar refractivity (Wildman–Crippen MR) is 218 cm³/mol. The third-order valence-electron chi connectivity index (χ3n) is 12.7. The number of fused-ring (bicyclic) bond motifs is 3. The maximum absolute atomic E-state index is 13.6. The predicted octanol–water partition coefficient (Wildman–Crippen LogP) is 4.08. The van der Waals surface area contributed by atoms with Gasteiger partial charge in [-0.25, -0.2) is 9.50 Å². The number of anilines is 2. The Balaban J connectivity index is 0.760. The first-order valence-electron chi connectivity index (χ1n) is 20.9. The average molecular weight is 815 g/mol. The van der Waals surface area contributed by atoms with Crippen LogP contribution >= 0.6 is 0 Å². The lowest BCUT2D eigenvalue weighted by atomic mass is 9.94. The number of imide groups is 2. The van der Waals surface area contributed by atoms with Crippen LogP contribution in [-0.4, -0.2) is 116 Å². The molecule has 310 valence electrons. The zero-order valence-electron chi connectivity index (χ0n) is 33.3. The summed E-state index contributed by atoms with van der Waals surface area (Å²) in [4.78, 5) is 74.9. The summed E-state index contributed by atoms with van der Waals surface area (Å²) in [5.41, 5.74) is 3.48. The molecule has 4 aliphatic heterocycles. The number of amides is 5. The van der Waals surface area contributed by atoms with Crippen molar-refractivity contribution in [3.63, 3.8) is 0 Å². The molecule has 1 unspecified atom stereocenters. The third-order valence-corrected chi connectivity index (χ3v) is 12.7. The maximum Gasteiger partial charge on any atom is 0.266 e. The number of nitrogens with zero attached hydrogens (tertiary/aromatic N) is 8. The van der Waals surface area contributed by atoms with Crippen molar-refractivity contribution in [2.75, 3.05) is 56.7 Å². The molecule has 0 radical (unpaired) electrons. The fourth-order valence-electron chi connectivity index (χ4n) is 9.14. The van der Waals surface area contributed by atoms with Gasteiger partial charge in [0.05, 0.1) is 48.3 Å². The Morgan fingerprint density at radius 3 is 2.50 bits per heavy atom. The number of hydrogen-bond donors (Lipinski definition) is 2. The molecule has 10 rings (SSSR count). The molecule has 60 heavy (non-hydrogen) atoms. The van der Waals surface area contributed by atoms with Gasteiger partial charge in [0.2, 0.25) is 11.8 Å². The number of rotatable bonds is 11. The van der Waals surface area contributed by atoms with Crippen LogP contribution in [0.25, 0.3) is 16.6 Å². The zero-order chi connectivity index (χ0) is 41.1. The van der Waals surface area contributed by atoms with E-state index in [2.05, 4.69) is 41.4 Å². The first-order chi connectivity index (χ1) is 29.2. The van der Waals surface area contributed by atoms with E-state index >= 15 is 0 Å². The summed E-state index contributed by atoms with van der Waals surface area (Å²) in [7, 11) is 1.47. The minimum atomic E-state index is -1.03. The molecule has 17 heteroatoms. The fourth-order valence-corrected chi connectivity index (χ4v) is 9.14. The third kappa shape index (κ3) is 7.09. The summed E-state index contributed by atoms with van der Waals surface area (Å²) < 4.78 is 15.5. The van der Waals surface area contributed by atoms with E-state index in [1.165, 1.54) is 13.3 Å². The van der Waals surface area contributed by atoms with Gasteiger partial charge in [0.15, 0.2) is 5.65 Å². The number of likely N-dealkylation sites (tertiary alicyclic amines) is 1. The number of nitrogens with one attached hydrogen (secondary N) is 2. The number of benzene rings is 2. The highest BCUT2D eigenvalue weighted by Gasteiger charge is 2.46. The number of carbonyl (C=O) groups excluding carboxylic acids is 5. The second kappa shape index (κ2) is 15.3. The molecule has 4 fully saturated rings. The summed E-state index contributed by atoms with van der Waals surface area (Å²) in [5.74, 6) is -0.499. The van der Waals surface area contributed by atoms with Gasteiger partial charge in [-0.1, -0.05) is 0 Å². The average Bonchev–Trinajstić information content (AvgIpc) is 3.75. The van der Waals surface area contributed by atoms with Crippen LogP contribution in [0.1, 0.15) is 88.5 Å². The number of aromatic nitrogens is 5. The van der Waals surface area contributed by atoms with E-state index in [4.69, 9.17) is 14.6 Å². The Morgan fingerprint density at radius 2 is 1.73 bits per heavy atom. The van der Waals surface area contributed by atoms with Crippen molar-refractivity contribution in [1.29, 1.82) is 0 Å². The van der Waals surface area contributed by atoms with E-state index in [9.17, 15) is 24.0 Å². The first kappa shape index (κ1) is 37.9. The number of ether oxygens (including phenoxy) is 2. The van der Waals surface area contributed by atoms with Crippen molar-refractivity contribution in [3.05, 3.63) is 71.8 Å². The summed E-state index contributed by atoms with van der Waals surface area (Å²) >= 11 is 0. The molecular formula is C43H46N10O7. The fraction of sp³-hybridized carbons (Fsp3) is 0.442. The molecule has 17 nitrogen and oxygen atoms in total. The van der Waals surface area contributed by atoms with Gasteiger partial charge in [-0.15, -0.1) is 0 Å². The van der Waals surface area contributed by atoms with Gasteiger partial charge < -0.3 is 24.6 Å². The second-order valence-corrected chi connectivity index (χ2v) is 16.7. The van der Waals surface area contributed by atoms with Gasteiger partial charge in [0.1, 0.15) is 23.1 Å². The van der Waals surface area contributed by atoms with Crippen LogP contribution < -0.4 is 25.0 Å². The van der Waals surface area contributed by atoms with Crippen molar-refractivity contribution in [2.24, 2.45) is 11.8 Å². The summed E-state index contributed by atoms with van der Waals surface area (Å²) in [6.45, 7) is 5.14. The van der Waals surface area contributed by atoms with Crippen molar-refractivity contribution in [2.45, 2.75) is 63.5 Å². The molecule has 0 bridgehead atoms. The summed E-state index contributed by atoms with van der Waals surface area (Å²) in [6.07, 6.45) is 13.4. The van der Waals surface area contributed by atoms with E-state index in [1.54, 1.807) is 29.0 Å². The molecule has 2 aromatic carbocycles. The Morgan fingerprint density at radius 1 is 0.917 bits per heavy atom. The molecule has 5 amide bonds. The molecule has 3 saturated heterocycles. The van der Waals surface area contributed by atoms with Crippen LogP contribution in [-0.2, 0) is 9.59 Å². The van der Waals surface area contributed by atoms with Crippen molar-refractivity contribution >= 4 is 57.5 Å². The number of hydrogen-bond acceptors (Lipinski definition) is 12. The summed E-state index contributed by atoms with van der Waals surface area (Å²) in [5, 5.41) is 15.5. The normalized spacial score (nSPS) is 20.6. The standard InChI is InChI=1S/C43H46N10O7/c1-59-36-19-29(18-30-38(36)43(58)53(42(30)57)34-5-6-37(54)47-41(34)56)50-15-7-25(8-16-50)22-49-13-9-28(10-14-49)52-23-27-17-33(35(20-32(27)48-52)60-24-26-3-4-26)46-40(55)31-21-45-51-12-2-11-44-39(31)51/h2,11-12,17-21,23,25-26,28,34H,3-10,13-16,22,24H2,1H3,(H,46,55)(H,47,54,56). The van der Waals surface area contributed by atoms with E-state index in [0.29, 0.717) is 46.8 Å². The van der Waals surface area contributed by atoms with Crippen LogP contribution in [0.2, 0.25) is 0 Å². The number of piperidine rings is 3. The van der Waals surface area contributed by atoms with Gasteiger partial charge in [-0.05, 0) is 75.0 Å². The molecular weight excluding hydrogens is 769 g/mol. The van der Waals surface area contributed by atoms with Crippen molar-refractivity contribution < 1.29 is 33.4 Å². The Bertz CT molecular complexity index is 2550. The number of carbonyl (C=O) groups is 5. The highest BCUT2D eigenvalue weighted by molar-refractivity contribution is 6.25. The van der Waals surface area contributed by atoms with E-state index in [1.807, 2.05) is 18.2 Å². The lowest BCUT2D eigenvalue weighted by Gasteiger charge is -2.38. The molecule has 2 N–H and O–H groups in total. The minimum absolute atomic E-state index is 0.0631. The van der Waals surface area contributed by atoms with Crippen molar-refractivity contribution in [3.8, 4) is 11.5 Å². The Kier molecular flexibility index (Phi) is 9.69. The van der Waals surface area contributed by atoms with Gasteiger partial charge in [0, 0.05) is 80.9 Å². The van der Waals surface area contributed by atoms with Crippen LogP contribution in [0.15, 0.2) is 55.1 Å². The highest BCUT2D eigenvalue weighted by atomic mass is 16.5. The lowest BCUT2D eigenvalue weighted by Crippen LogP contribution is -2.54. The van der Waals surface area contributed by atoms with Crippen molar-refractivity contribution in [1.82, 2.24) is 39.5 Å². The van der Waals surface area contributed by atoms with Crippen LogP contribution in [0, 0.1) is 11.8 Å². The Hall–Kier alpha value is -6.36. The Labute approximate surface area is 345 Å². The zero-order valence-corrected chi connectivity index (χ0v) is 33.3. The van der Waals surface area contributed by atoms with Crippen LogP contribution in [0.4, 0.5) is 11.4 Å². The smallest absolute Gasteiger partial charge is 0.266 e. The molecule has 1 atom stereocenters. The first-order valence-corrected chi connectivity index (χ1v) is 20.9. The molecule has 5 aromatic rings. The molecule has 7 heterocycles. The largest absolute Gasteiger partial charge is 0.496 e. The minimum Gasteiger partial charge on any atom is -0.496 e. The van der Waals surface area contributed by atoms with Gasteiger partial charge in [-0.2, -0.15) is 10.2 Å². The van der Waals surface area contributed by atoms with Crippen LogP contribution in [0.5, 0.6) is 11.5 Å². The quantitative estimate of drug-likeness (QED) is 0.183. The monoisotopic (exact) mass is 814 g/mol. The van der Waals surface area contributed by atoms with Crippen LogP contribution in [0.3, 0.4) is 0 Å². The lowest BCUT2D eigenvalue weighted by molar-refractivity contribution is -0.136. The van der Waals surface area contributed by atoms with E-state index < -0.39 is 29.7 Å². The number of methoxy groups -OCH3 is 1. The van der Waals surface area contributed by atoms with Gasteiger partial charge in [-0.3, -0.25) is 38.9 Å². The highest BCUT2D eigenvalue weighted by Crippen LogP contribution is 2.39. The van der Waals surface area contributed by atoms with Gasteiger partial charge >= 0.3 is 0 Å². The topological polar surface area (TPSA) is 186 Å². The van der Waals surface area contributed by atoms with E-state index in [0.717, 1.165) is 92.7 Å². The maximum atomic E-state index is 13.6. The SMILES string of the molecule is COc1cc(N2CCC(CN3CCC(n4cc5cc(NC(=O)c6cnn7cccnc67)c(OCC6CC6)cc5n4)CC3)CC2)cc2c1C(=O)N(C1CCC(=O)NC1=O)C2=O. The molecule has 0 spiro atoms. The molecule has 3 aromatic heterocycles. The molecule has 1 aliphatic carbocycles. The second-order valence-electron chi connectivity index (χ2n) is 16.7. The van der Waals surface area contributed by atoms with Gasteiger partial charge in [0.25, 0.3) is 17.7 Å².